The van der Waals surface area contributed by atoms with Gasteiger partial charge in [0.1, 0.15) is 0 Å². The van der Waals surface area contributed by atoms with Crippen molar-refractivity contribution in [1.29, 1.82) is 0 Å². The monoisotopic (exact) mass is 476 g/mol. The Hall–Kier alpha value is -3.75. The van der Waals surface area contributed by atoms with Gasteiger partial charge in [-0.25, -0.2) is 0 Å². The number of fused-ring (bicyclic) bond motifs is 4. The van der Waals surface area contributed by atoms with Crippen LogP contribution in [0.1, 0.15) is 16.7 Å². The predicted octanol–water partition coefficient (Wildman–Crippen LogP) is 4.26. The van der Waals surface area contributed by atoms with Gasteiger partial charge in [-0.2, -0.15) is 0 Å². The van der Waals surface area contributed by atoms with Gasteiger partial charge in [0.2, 0.25) is 0 Å². The van der Waals surface area contributed by atoms with Gasteiger partial charge in [0.05, 0.1) is 22.4 Å². The Kier molecular flexibility index (Phi) is 4.74. The minimum atomic E-state index is -1.50. The van der Waals surface area contributed by atoms with Crippen LogP contribution in [0.15, 0.2) is 103 Å². The maximum atomic E-state index is 14.5. The molecule has 0 aromatic heterocycles. The third kappa shape index (κ3) is 2.66. The summed E-state index contributed by atoms with van der Waals surface area (Å²) in [5.74, 6) is -3.07. The quantitative estimate of drug-likeness (QED) is 0.530. The number of allylic oxidation sites excluding steroid dienone is 4. The molecule has 0 bridgehead atoms. The van der Waals surface area contributed by atoms with Crippen molar-refractivity contribution in [3.05, 3.63) is 120 Å². The van der Waals surface area contributed by atoms with Gasteiger partial charge in [-0.15, -0.1) is 9.24 Å². The smallest absolute Gasteiger partial charge is 0.176 e. The van der Waals surface area contributed by atoms with Crippen LogP contribution in [-0.2, 0) is 24.6 Å². The molecular formula is C30H21O4P. The van der Waals surface area contributed by atoms with E-state index >= 15 is 0 Å². The lowest BCUT2D eigenvalue weighted by Gasteiger charge is -2.66. The molecular weight excluding hydrogens is 455 g/mol. The van der Waals surface area contributed by atoms with Crippen LogP contribution in [0.25, 0.3) is 11.1 Å². The average Bonchev–Trinajstić information content (AvgIpc) is 2.88. The van der Waals surface area contributed by atoms with Crippen LogP contribution in [0.3, 0.4) is 0 Å². The van der Waals surface area contributed by atoms with E-state index in [0.29, 0.717) is 16.7 Å². The molecule has 3 aromatic rings. The second kappa shape index (κ2) is 7.63. The van der Waals surface area contributed by atoms with Crippen LogP contribution in [0.2, 0.25) is 0 Å². The highest BCUT2D eigenvalue weighted by Crippen LogP contribution is 2.70. The Morgan fingerprint density at radius 2 is 0.971 bits per heavy atom. The van der Waals surface area contributed by atoms with Gasteiger partial charge in [0.25, 0.3) is 0 Å². The lowest BCUT2D eigenvalue weighted by Crippen LogP contribution is -2.81. The summed E-state index contributed by atoms with van der Waals surface area (Å²) < 4.78 is 0. The van der Waals surface area contributed by atoms with E-state index < -0.39 is 22.4 Å². The first-order valence-electron chi connectivity index (χ1n) is 11.5. The first-order chi connectivity index (χ1) is 16.9. The van der Waals surface area contributed by atoms with Crippen molar-refractivity contribution in [2.75, 3.05) is 0 Å². The molecule has 3 aliphatic carbocycles. The van der Waals surface area contributed by atoms with Crippen LogP contribution < -0.4 is 0 Å². The zero-order valence-corrected chi connectivity index (χ0v) is 19.8. The maximum Gasteiger partial charge on any atom is 0.176 e. The number of ketones is 4. The fourth-order valence-electron chi connectivity index (χ4n) is 6.28. The highest BCUT2D eigenvalue weighted by atomic mass is 31.0. The van der Waals surface area contributed by atoms with Gasteiger partial charge in [0.15, 0.2) is 23.1 Å². The van der Waals surface area contributed by atoms with Gasteiger partial charge < -0.3 is 0 Å². The molecule has 3 aromatic carbocycles. The van der Waals surface area contributed by atoms with Crippen LogP contribution in [0.5, 0.6) is 0 Å². The molecule has 0 saturated heterocycles. The number of carbonyl (C=O) groups excluding carboxylic acids is 4. The molecule has 35 heavy (non-hydrogen) atoms. The zero-order valence-electron chi connectivity index (χ0n) is 18.7. The molecule has 0 spiro atoms. The van der Waals surface area contributed by atoms with E-state index in [1.807, 2.05) is 18.2 Å². The van der Waals surface area contributed by atoms with Gasteiger partial charge in [-0.05, 0) is 28.8 Å². The van der Waals surface area contributed by atoms with E-state index in [2.05, 4.69) is 9.24 Å². The van der Waals surface area contributed by atoms with Gasteiger partial charge in [0, 0.05) is 11.1 Å². The highest BCUT2D eigenvalue weighted by Gasteiger charge is 2.81. The second-order valence-corrected chi connectivity index (χ2v) is 10.2. The molecule has 0 amide bonds. The molecule has 1 unspecified atom stereocenters. The van der Waals surface area contributed by atoms with Crippen molar-refractivity contribution in [2.24, 2.45) is 11.8 Å². The van der Waals surface area contributed by atoms with E-state index in [9.17, 15) is 19.2 Å². The van der Waals surface area contributed by atoms with E-state index in [1.54, 1.807) is 72.8 Å². The van der Waals surface area contributed by atoms with Crippen LogP contribution in [0.4, 0.5) is 0 Å². The summed E-state index contributed by atoms with van der Waals surface area (Å²) in [6.07, 6.45) is 2.72. The Balaban J connectivity index is 1.63. The molecule has 170 valence electrons. The molecule has 1 fully saturated rings. The van der Waals surface area contributed by atoms with Crippen LogP contribution in [0, 0.1) is 11.8 Å². The fourth-order valence-corrected chi connectivity index (χ4v) is 7.27. The average molecular weight is 476 g/mol. The minimum Gasteiger partial charge on any atom is -0.294 e. The Morgan fingerprint density at radius 3 is 1.49 bits per heavy atom. The number of Topliss-reactive ketones (excluding diaryl/α,β-unsaturated/α-hetero) is 2. The number of carbonyl (C=O) groups is 4. The Morgan fingerprint density at radius 1 is 0.543 bits per heavy atom. The lowest BCUT2D eigenvalue weighted by atomic mass is 9.36. The molecule has 5 atom stereocenters. The van der Waals surface area contributed by atoms with Gasteiger partial charge >= 0.3 is 0 Å². The third-order valence-corrected chi connectivity index (χ3v) is 8.83. The number of hydrogen-bond acceptors (Lipinski definition) is 4. The summed E-state index contributed by atoms with van der Waals surface area (Å²) in [5.41, 5.74) is 0.850. The summed E-state index contributed by atoms with van der Waals surface area (Å²) in [6, 6.07) is 27.0. The second-order valence-electron chi connectivity index (χ2n) is 9.31. The van der Waals surface area contributed by atoms with Crippen molar-refractivity contribution < 1.29 is 19.2 Å². The summed E-state index contributed by atoms with van der Waals surface area (Å²) in [4.78, 5) is 55.9. The summed E-state index contributed by atoms with van der Waals surface area (Å²) in [5, 5.41) is -1.48. The molecule has 0 heterocycles. The number of hydrogen-bond donors (Lipinski definition) is 0. The first kappa shape index (κ1) is 21.8. The maximum absolute atomic E-state index is 14.5. The van der Waals surface area contributed by atoms with E-state index in [-0.39, 0.29) is 34.3 Å². The molecule has 6 rings (SSSR count). The topological polar surface area (TPSA) is 68.3 Å². The molecule has 3 aliphatic rings. The van der Waals surface area contributed by atoms with Gasteiger partial charge in [-0.3, -0.25) is 19.2 Å². The van der Waals surface area contributed by atoms with Gasteiger partial charge in [-0.1, -0.05) is 91.0 Å². The van der Waals surface area contributed by atoms with Crippen molar-refractivity contribution >= 4 is 43.5 Å². The van der Waals surface area contributed by atoms with Crippen molar-refractivity contribution in [3.63, 3.8) is 0 Å². The van der Waals surface area contributed by atoms with Crippen molar-refractivity contribution in [3.8, 4) is 0 Å². The number of rotatable bonds is 3. The standard InChI is InChI=1S/C30H21O4P/c31-23-16-21(18-10-4-1-5-11-18)27(33)29(20-14-8-3-9-15-20)25(23)26-24(32)17-22(28(34)30(26,29)35)19-12-6-2-7-13-19/h1-17,25-26H,35H2/t25-,26-,29+,30-/m0/s1. The van der Waals surface area contributed by atoms with E-state index in [0.717, 1.165) is 0 Å². The molecule has 0 N–H and O–H groups in total. The van der Waals surface area contributed by atoms with E-state index in [4.69, 9.17) is 0 Å². The Labute approximate surface area is 205 Å². The van der Waals surface area contributed by atoms with E-state index in [1.165, 1.54) is 12.2 Å². The molecule has 0 radical (unpaired) electrons. The predicted molar refractivity (Wildman–Crippen MR) is 136 cm³/mol. The largest absolute Gasteiger partial charge is 0.294 e. The SMILES string of the molecule is O=C1C=C(c2ccccc2)C(=O)[C@@]2(P)[C@@H]1[C@@H]1C(=O)C=C(c3ccccc3)C(=O)[C@@]12c1ccccc1. The van der Waals surface area contributed by atoms with Crippen LogP contribution >= 0.6 is 9.24 Å². The Bertz CT molecular complexity index is 1470. The van der Waals surface area contributed by atoms with Crippen molar-refractivity contribution in [1.82, 2.24) is 0 Å². The molecule has 0 aliphatic heterocycles. The summed E-state index contributed by atoms with van der Waals surface area (Å²) in [7, 11) is 2.58. The molecule has 4 nitrogen and oxygen atoms in total. The lowest BCUT2D eigenvalue weighted by molar-refractivity contribution is -0.159. The molecule has 1 saturated carbocycles. The normalized spacial score (nSPS) is 29.5. The fraction of sp³-hybridized carbons (Fsp3) is 0.133. The zero-order chi connectivity index (χ0) is 24.4. The summed E-state index contributed by atoms with van der Waals surface area (Å²) in [6.45, 7) is 0. The minimum absolute atomic E-state index is 0.270. The third-order valence-electron chi connectivity index (χ3n) is 7.75. The first-order valence-corrected chi connectivity index (χ1v) is 12.1. The van der Waals surface area contributed by atoms with Crippen LogP contribution in [-0.4, -0.2) is 28.3 Å². The highest BCUT2D eigenvalue weighted by molar-refractivity contribution is 7.22. The van der Waals surface area contributed by atoms with Crippen molar-refractivity contribution in [2.45, 2.75) is 10.6 Å². The summed E-state index contributed by atoms with van der Waals surface area (Å²) >= 11 is 0. The number of benzene rings is 3. The molecule has 5 heteroatoms.